The van der Waals surface area contributed by atoms with Crippen molar-refractivity contribution in [2.24, 2.45) is 17.3 Å². The normalized spacial score (nSPS) is 25.6. The van der Waals surface area contributed by atoms with Gasteiger partial charge >= 0.3 is 5.97 Å². The highest BCUT2D eigenvalue weighted by molar-refractivity contribution is 6.82. The number of carbonyl (C=O) groups is 2. The van der Waals surface area contributed by atoms with Gasteiger partial charge in [-0.1, -0.05) is 140 Å². The van der Waals surface area contributed by atoms with Gasteiger partial charge in [-0.15, -0.1) is 0 Å². The third-order valence-electron chi connectivity index (χ3n) is 11.0. The zero-order valence-corrected chi connectivity index (χ0v) is 29.1. The lowest BCUT2D eigenvalue weighted by Crippen LogP contribution is -2.63. The molecule has 3 aliphatic rings. The first-order chi connectivity index (χ1) is 22.5. The summed E-state index contributed by atoms with van der Waals surface area (Å²) in [6, 6.07) is 43.0. The van der Waals surface area contributed by atoms with Crippen molar-refractivity contribution in [2.75, 3.05) is 6.61 Å². The van der Waals surface area contributed by atoms with Gasteiger partial charge < -0.3 is 14.4 Å². The van der Waals surface area contributed by atoms with Crippen molar-refractivity contribution in [3.63, 3.8) is 0 Å². The average molecular weight is 644 g/mol. The number of amides is 1. The van der Waals surface area contributed by atoms with Crippen molar-refractivity contribution in [1.82, 2.24) is 4.90 Å². The number of rotatable bonds is 8. The standard InChI is InChI=1S/C41H45NO4Si/c1-39(2,3)46-38(44)40-33(26-34(40)36-42(37(40)43)35(27-45-36)29-18-10-6-11-19-29)28-47(4,5)41(30-20-12-7-13-21-30,31-22-14-8-15-23-31)32-24-16-9-17-25-32/h6-25,33-36H,26-28H2,1-5H3/t33-,34+,35-,36-,40-/m1/s1. The van der Waals surface area contributed by atoms with E-state index < -0.39 is 36.3 Å². The van der Waals surface area contributed by atoms with Crippen LogP contribution < -0.4 is 0 Å². The molecule has 0 aromatic heterocycles. The topological polar surface area (TPSA) is 55.8 Å². The number of esters is 1. The average Bonchev–Trinajstić information content (AvgIpc) is 3.56. The lowest BCUT2D eigenvalue weighted by molar-refractivity contribution is -0.191. The summed E-state index contributed by atoms with van der Waals surface area (Å²) in [5.41, 5.74) is 2.75. The van der Waals surface area contributed by atoms with E-state index in [1.54, 1.807) is 0 Å². The van der Waals surface area contributed by atoms with Crippen molar-refractivity contribution in [3.05, 3.63) is 144 Å². The van der Waals surface area contributed by atoms with Gasteiger partial charge in [0.15, 0.2) is 5.41 Å². The van der Waals surface area contributed by atoms with E-state index in [0.717, 1.165) is 18.0 Å². The number of benzene rings is 4. The predicted octanol–water partition coefficient (Wildman–Crippen LogP) is 8.17. The molecule has 47 heavy (non-hydrogen) atoms. The predicted molar refractivity (Wildman–Crippen MR) is 187 cm³/mol. The zero-order valence-electron chi connectivity index (χ0n) is 28.1. The molecule has 0 radical (unpaired) electrons. The molecule has 7 rings (SSSR count). The molecule has 4 aromatic carbocycles. The van der Waals surface area contributed by atoms with Crippen LogP contribution in [-0.4, -0.2) is 43.3 Å². The van der Waals surface area contributed by atoms with Crippen molar-refractivity contribution in [2.45, 2.75) is 69.2 Å². The SMILES string of the molecule is CC(C)(C)OC(=O)[C@@]12C(=O)N3[C@@H](c4ccccc4)CO[C@@H]3[C@@H]1C[C@@H]2C[Si](C)(C)C(c1ccccc1)(c1ccccc1)c1ccccc1. The maximum atomic E-state index is 15.0. The van der Waals surface area contributed by atoms with E-state index in [0.29, 0.717) is 6.61 Å². The third kappa shape index (κ3) is 4.83. The molecule has 242 valence electrons. The molecule has 2 saturated heterocycles. The number of hydrogen-bond acceptors (Lipinski definition) is 4. The Morgan fingerprint density at radius 2 is 1.28 bits per heavy atom. The Bertz CT molecular complexity index is 1640. The van der Waals surface area contributed by atoms with Crippen LogP contribution in [0.5, 0.6) is 0 Å². The van der Waals surface area contributed by atoms with Gasteiger partial charge in [0, 0.05) is 11.0 Å². The van der Waals surface area contributed by atoms with Gasteiger partial charge in [0.2, 0.25) is 5.91 Å². The Hall–Kier alpha value is -4.00. The second-order valence-corrected chi connectivity index (χ2v) is 20.1. The molecule has 0 unspecified atom stereocenters. The highest BCUT2D eigenvalue weighted by atomic mass is 28.3. The van der Waals surface area contributed by atoms with Crippen LogP contribution in [-0.2, 0) is 24.1 Å². The molecule has 5 atom stereocenters. The molecule has 4 aromatic rings. The molecular weight excluding hydrogens is 599 g/mol. The lowest BCUT2D eigenvalue weighted by atomic mass is 9.54. The van der Waals surface area contributed by atoms with Gasteiger partial charge in [0.1, 0.15) is 11.8 Å². The Morgan fingerprint density at radius 1 is 0.809 bits per heavy atom. The van der Waals surface area contributed by atoms with Gasteiger partial charge in [-0.25, -0.2) is 0 Å². The van der Waals surface area contributed by atoms with Gasteiger partial charge in [-0.05, 0) is 55.4 Å². The minimum absolute atomic E-state index is 0.126. The Labute approximate surface area is 279 Å². The lowest BCUT2D eigenvalue weighted by Gasteiger charge is -2.55. The number of hydrogen-bond donors (Lipinski definition) is 0. The molecule has 0 N–H and O–H groups in total. The molecule has 1 aliphatic carbocycles. The largest absolute Gasteiger partial charge is 0.459 e. The van der Waals surface area contributed by atoms with Crippen LogP contribution in [0.3, 0.4) is 0 Å². The fraction of sp³-hybridized carbons (Fsp3) is 0.366. The molecular formula is C41H45NO4Si. The second-order valence-electron chi connectivity index (χ2n) is 15.2. The number of fused-ring (bicyclic) bond motifs is 3. The first kappa shape index (κ1) is 31.6. The summed E-state index contributed by atoms with van der Waals surface area (Å²) < 4.78 is 12.6. The summed E-state index contributed by atoms with van der Waals surface area (Å²) in [7, 11) is -2.52. The quantitative estimate of drug-likeness (QED) is 0.0841. The van der Waals surface area contributed by atoms with Crippen LogP contribution in [0, 0.1) is 17.3 Å². The van der Waals surface area contributed by atoms with Gasteiger partial charge in [0.25, 0.3) is 0 Å². The number of ether oxygens (including phenoxy) is 2. The van der Waals surface area contributed by atoms with E-state index in [1.807, 2.05) is 56.0 Å². The first-order valence-electron chi connectivity index (χ1n) is 16.9. The zero-order chi connectivity index (χ0) is 33.0. The summed E-state index contributed by atoms with van der Waals surface area (Å²) in [5.74, 6) is -0.930. The number of nitrogens with zero attached hydrogens (tertiary/aromatic N) is 1. The van der Waals surface area contributed by atoms with E-state index in [1.165, 1.54) is 16.7 Å². The molecule has 2 aliphatic heterocycles. The molecule has 1 amide bonds. The molecule has 1 saturated carbocycles. The van der Waals surface area contributed by atoms with Crippen LogP contribution in [0.4, 0.5) is 0 Å². The molecule has 6 heteroatoms. The fourth-order valence-electron chi connectivity index (χ4n) is 9.25. The van der Waals surface area contributed by atoms with Crippen molar-refractivity contribution in [1.29, 1.82) is 0 Å². The Kier molecular flexibility index (Phi) is 7.80. The molecule has 5 nitrogen and oxygen atoms in total. The van der Waals surface area contributed by atoms with Crippen LogP contribution in [0.2, 0.25) is 19.1 Å². The minimum atomic E-state index is -2.52. The first-order valence-corrected chi connectivity index (χ1v) is 20.1. The van der Waals surface area contributed by atoms with Crippen molar-refractivity contribution in [3.8, 4) is 0 Å². The highest BCUT2D eigenvalue weighted by Crippen LogP contribution is 2.66. The molecule has 0 spiro atoms. The smallest absolute Gasteiger partial charge is 0.322 e. The molecule has 2 heterocycles. The van der Waals surface area contributed by atoms with Gasteiger partial charge in [-0.3, -0.25) is 9.59 Å². The molecule has 3 fully saturated rings. The minimum Gasteiger partial charge on any atom is -0.459 e. The van der Waals surface area contributed by atoms with E-state index >= 15 is 0 Å². The number of carbonyl (C=O) groups excluding carboxylic acids is 2. The van der Waals surface area contributed by atoms with Crippen LogP contribution in [0.25, 0.3) is 0 Å². The summed E-state index contributed by atoms with van der Waals surface area (Å²) >= 11 is 0. The van der Waals surface area contributed by atoms with Gasteiger partial charge in [0.05, 0.1) is 20.7 Å². The van der Waals surface area contributed by atoms with Crippen LogP contribution >= 0.6 is 0 Å². The summed E-state index contributed by atoms with van der Waals surface area (Å²) in [6.07, 6.45) is 0.321. The monoisotopic (exact) mass is 643 g/mol. The van der Waals surface area contributed by atoms with E-state index in [4.69, 9.17) is 9.47 Å². The molecule has 0 bridgehead atoms. The summed E-state index contributed by atoms with van der Waals surface area (Å²) in [4.78, 5) is 31.5. The Balaban J connectivity index is 1.36. The summed E-state index contributed by atoms with van der Waals surface area (Å²) in [5, 5.41) is -0.433. The second kappa shape index (κ2) is 11.6. The van der Waals surface area contributed by atoms with E-state index in [-0.39, 0.29) is 23.8 Å². The van der Waals surface area contributed by atoms with Crippen LogP contribution in [0.15, 0.2) is 121 Å². The van der Waals surface area contributed by atoms with Gasteiger partial charge in [-0.2, -0.15) is 0 Å². The van der Waals surface area contributed by atoms with E-state index in [9.17, 15) is 9.59 Å². The van der Waals surface area contributed by atoms with Crippen molar-refractivity contribution < 1.29 is 19.1 Å². The fourth-order valence-corrected chi connectivity index (χ4v) is 14.1. The summed E-state index contributed by atoms with van der Waals surface area (Å²) in [6.45, 7) is 11.0. The maximum Gasteiger partial charge on any atom is 0.322 e. The Morgan fingerprint density at radius 3 is 1.74 bits per heavy atom. The van der Waals surface area contributed by atoms with Crippen LogP contribution in [0.1, 0.15) is 55.5 Å². The highest BCUT2D eigenvalue weighted by Gasteiger charge is 2.77. The third-order valence-corrected chi connectivity index (χ3v) is 15.5. The van der Waals surface area contributed by atoms with E-state index in [2.05, 4.69) is 104 Å². The van der Waals surface area contributed by atoms with Crippen molar-refractivity contribution >= 4 is 20.0 Å². The maximum absolute atomic E-state index is 15.0.